The van der Waals surface area contributed by atoms with Gasteiger partial charge in [0.05, 0.1) is 11.2 Å². The standard InChI is InChI=1S/C16H21N3/c1-4-10-19(3)16-11-13(12-17-5-2)18-15-9-7-6-8-14(15)16/h4,6-9,11,17H,1,5,10,12H2,2-3H3. The van der Waals surface area contributed by atoms with Crippen LogP contribution in [0.4, 0.5) is 5.69 Å². The highest BCUT2D eigenvalue weighted by Crippen LogP contribution is 2.25. The molecule has 0 radical (unpaired) electrons. The maximum atomic E-state index is 4.70. The zero-order chi connectivity index (χ0) is 13.7. The van der Waals surface area contributed by atoms with E-state index in [0.717, 1.165) is 30.8 Å². The number of likely N-dealkylation sites (N-methyl/N-ethyl adjacent to an activating group) is 1. The molecule has 0 aliphatic carbocycles. The van der Waals surface area contributed by atoms with Crippen LogP contribution in [0.3, 0.4) is 0 Å². The summed E-state index contributed by atoms with van der Waals surface area (Å²) in [7, 11) is 2.08. The molecule has 3 nitrogen and oxygen atoms in total. The van der Waals surface area contributed by atoms with Crippen molar-refractivity contribution in [3.05, 3.63) is 48.7 Å². The van der Waals surface area contributed by atoms with Gasteiger partial charge in [-0.05, 0) is 18.7 Å². The lowest BCUT2D eigenvalue weighted by atomic mass is 10.1. The number of anilines is 1. The molecule has 3 heteroatoms. The fraction of sp³-hybridized carbons (Fsp3) is 0.312. The van der Waals surface area contributed by atoms with Crippen molar-refractivity contribution in [2.24, 2.45) is 0 Å². The normalized spacial score (nSPS) is 10.6. The highest BCUT2D eigenvalue weighted by atomic mass is 15.1. The van der Waals surface area contributed by atoms with E-state index in [4.69, 9.17) is 4.98 Å². The molecule has 100 valence electrons. The zero-order valence-corrected chi connectivity index (χ0v) is 11.7. The van der Waals surface area contributed by atoms with E-state index in [-0.39, 0.29) is 0 Å². The molecule has 0 bridgehead atoms. The average Bonchev–Trinajstić information content (AvgIpc) is 2.44. The summed E-state index contributed by atoms with van der Waals surface area (Å²) < 4.78 is 0. The molecule has 1 aromatic carbocycles. The van der Waals surface area contributed by atoms with Gasteiger partial charge >= 0.3 is 0 Å². The molecule has 0 aliphatic rings. The van der Waals surface area contributed by atoms with Crippen molar-refractivity contribution < 1.29 is 0 Å². The number of para-hydroxylation sites is 1. The van der Waals surface area contributed by atoms with E-state index in [0.29, 0.717) is 0 Å². The first-order chi connectivity index (χ1) is 9.26. The van der Waals surface area contributed by atoms with Gasteiger partial charge in [-0.25, -0.2) is 0 Å². The quantitative estimate of drug-likeness (QED) is 0.804. The third-order valence-electron chi connectivity index (χ3n) is 3.12. The van der Waals surface area contributed by atoms with E-state index in [1.54, 1.807) is 0 Å². The summed E-state index contributed by atoms with van der Waals surface area (Å²) in [5.74, 6) is 0. The molecule has 0 aliphatic heterocycles. The second-order valence-electron chi connectivity index (χ2n) is 4.60. The maximum Gasteiger partial charge on any atom is 0.0726 e. The van der Waals surface area contributed by atoms with Gasteiger partial charge in [0.2, 0.25) is 0 Å². The van der Waals surface area contributed by atoms with E-state index in [1.165, 1.54) is 11.1 Å². The summed E-state index contributed by atoms with van der Waals surface area (Å²) in [5.41, 5.74) is 3.33. The fourth-order valence-electron chi connectivity index (χ4n) is 2.16. The van der Waals surface area contributed by atoms with Gasteiger partial charge < -0.3 is 10.2 Å². The Balaban J connectivity index is 2.48. The molecule has 1 N–H and O–H groups in total. The molecule has 1 heterocycles. The number of benzene rings is 1. The number of nitrogens with zero attached hydrogens (tertiary/aromatic N) is 2. The van der Waals surface area contributed by atoms with Crippen LogP contribution in [0, 0.1) is 0 Å². The first kappa shape index (κ1) is 13.6. The predicted octanol–water partition coefficient (Wildman–Crippen LogP) is 2.97. The molecular weight excluding hydrogens is 234 g/mol. The largest absolute Gasteiger partial charge is 0.370 e. The van der Waals surface area contributed by atoms with Crippen molar-refractivity contribution in [2.45, 2.75) is 13.5 Å². The molecule has 2 rings (SSSR count). The lowest BCUT2D eigenvalue weighted by molar-refractivity contribution is 0.713. The van der Waals surface area contributed by atoms with Crippen LogP contribution in [0.2, 0.25) is 0 Å². The minimum absolute atomic E-state index is 0.802. The van der Waals surface area contributed by atoms with Crippen LogP contribution in [0.25, 0.3) is 10.9 Å². The predicted molar refractivity (Wildman–Crippen MR) is 82.6 cm³/mol. The van der Waals surface area contributed by atoms with Gasteiger partial charge in [0.25, 0.3) is 0 Å². The van der Waals surface area contributed by atoms with Crippen molar-refractivity contribution in [3.63, 3.8) is 0 Å². The molecule has 19 heavy (non-hydrogen) atoms. The highest BCUT2D eigenvalue weighted by molar-refractivity contribution is 5.91. The Morgan fingerprint density at radius 2 is 2.16 bits per heavy atom. The Morgan fingerprint density at radius 3 is 2.89 bits per heavy atom. The number of aromatic nitrogens is 1. The lowest BCUT2D eigenvalue weighted by Crippen LogP contribution is -2.19. The highest BCUT2D eigenvalue weighted by Gasteiger charge is 2.08. The molecular formula is C16H21N3. The van der Waals surface area contributed by atoms with Crippen molar-refractivity contribution in [3.8, 4) is 0 Å². The topological polar surface area (TPSA) is 28.2 Å². The van der Waals surface area contributed by atoms with E-state index >= 15 is 0 Å². The summed E-state index contributed by atoms with van der Waals surface area (Å²) in [6, 6.07) is 10.4. The molecule has 0 saturated heterocycles. The Bertz CT molecular complexity index is 563. The van der Waals surface area contributed by atoms with Gasteiger partial charge in [-0.2, -0.15) is 0 Å². The Morgan fingerprint density at radius 1 is 1.37 bits per heavy atom. The van der Waals surface area contributed by atoms with Crippen LogP contribution in [0.5, 0.6) is 0 Å². The first-order valence-corrected chi connectivity index (χ1v) is 6.67. The molecule has 2 aromatic rings. The van der Waals surface area contributed by atoms with Gasteiger partial charge in [0.15, 0.2) is 0 Å². The van der Waals surface area contributed by atoms with Crippen LogP contribution >= 0.6 is 0 Å². The van der Waals surface area contributed by atoms with Crippen LogP contribution < -0.4 is 10.2 Å². The average molecular weight is 255 g/mol. The molecule has 0 spiro atoms. The van der Waals surface area contributed by atoms with Gasteiger partial charge in [-0.3, -0.25) is 4.98 Å². The third-order valence-corrected chi connectivity index (χ3v) is 3.12. The molecule has 0 unspecified atom stereocenters. The molecule has 0 saturated carbocycles. The van der Waals surface area contributed by atoms with Crippen LogP contribution in [0.15, 0.2) is 43.0 Å². The van der Waals surface area contributed by atoms with Gasteiger partial charge in [-0.15, -0.1) is 6.58 Å². The number of nitrogens with one attached hydrogen (secondary N) is 1. The van der Waals surface area contributed by atoms with E-state index in [1.807, 2.05) is 12.1 Å². The molecule has 1 aromatic heterocycles. The van der Waals surface area contributed by atoms with E-state index in [9.17, 15) is 0 Å². The smallest absolute Gasteiger partial charge is 0.0726 e. The molecule has 0 atom stereocenters. The number of hydrogen-bond acceptors (Lipinski definition) is 3. The van der Waals surface area contributed by atoms with Crippen molar-refractivity contribution >= 4 is 16.6 Å². The first-order valence-electron chi connectivity index (χ1n) is 6.67. The lowest BCUT2D eigenvalue weighted by Gasteiger charge is -2.20. The monoisotopic (exact) mass is 255 g/mol. The second kappa shape index (κ2) is 6.34. The number of hydrogen-bond donors (Lipinski definition) is 1. The van der Waals surface area contributed by atoms with E-state index < -0.39 is 0 Å². The summed E-state index contributed by atoms with van der Waals surface area (Å²) in [6.45, 7) is 8.49. The summed E-state index contributed by atoms with van der Waals surface area (Å²) in [4.78, 5) is 6.90. The summed E-state index contributed by atoms with van der Waals surface area (Å²) >= 11 is 0. The van der Waals surface area contributed by atoms with Crippen molar-refractivity contribution in [1.29, 1.82) is 0 Å². The van der Waals surface area contributed by atoms with Gasteiger partial charge in [0, 0.05) is 31.2 Å². The van der Waals surface area contributed by atoms with Crippen LogP contribution in [-0.2, 0) is 6.54 Å². The summed E-state index contributed by atoms with van der Waals surface area (Å²) in [5, 5.41) is 4.51. The van der Waals surface area contributed by atoms with E-state index in [2.05, 4.69) is 55.0 Å². The van der Waals surface area contributed by atoms with Crippen molar-refractivity contribution in [2.75, 3.05) is 25.0 Å². The number of rotatable bonds is 6. The SMILES string of the molecule is C=CCN(C)c1cc(CNCC)nc2ccccc12. The maximum absolute atomic E-state index is 4.70. The number of fused-ring (bicyclic) bond motifs is 1. The summed E-state index contributed by atoms with van der Waals surface area (Å²) in [6.07, 6.45) is 1.92. The molecule has 0 amide bonds. The van der Waals surface area contributed by atoms with Crippen LogP contribution in [-0.4, -0.2) is 25.1 Å². The zero-order valence-electron chi connectivity index (χ0n) is 11.7. The minimum Gasteiger partial charge on any atom is -0.370 e. The van der Waals surface area contributed by atoms with Gasteiger partial charge in [0.1, 0.15) is 0 Å². The van der Waals surface area contributed by atoms with Crippen molar-refractivity contribution in [1.82, 2.24) is 10.3 Å². The second-order valence-corrected chi connectivity index (χ2v) is 4.60. The Kier molecular flexibility index (Phi) is 4.53. The Labute approximate surface area is 115 Å². The van der Waals surface area contributed by atoms with Gasteiger partial charge in [-0.1, -0.05) is 31.2 Å². The fourth-order valence-corrected chi connectivity index (χ4v) is 2.16. The minimum atomic E-state index is 0.802. The Hall–Kier alpha value is -1.87. The number of pyridine rings is 1. The van der Waals surface area contributed by atoms with Crippen LogP contribution in [0.1, 0.15) is 12.6 Å². The third kappa shape index (κ3) is 3.12. The molecule has 0 fully saturated rings.